The molecule has 0 unspecified atom stereocenters. The third-order valence-electron chi connectivity index (χ3n) is 7.85. The first-order valence-electron chi connectivity index (χ1n) is 9.12. The summed E-state index contributed by atoms with van der Waals surface area (Å²) in [6, 6.07) is 0. The average molecular weight is 282 g/mol. The molecule has 0 aromatic carbocycles. The highest BCUT2D eigenvalue weighted by Crippen LogP contribution is 2.65. The Hall–Kier alpha value is -0.780. The van der Waals surface area contributed by atoms with Crippen LogP contribution < -0.4 is 0 Å². The van der Waals surface area contributed by atoms with E-state index in [2.05, 4.69) is 45.1 Å². The standard InChI is InChI=1S/C21H30/c1-4-15-9-11-18-17-10-8-16-7-5-6-13-20(16,2)19(17)12-14-21(15,18)3/h4-5,7-8,17-19H,6,9-14H2,1-3H3/t17-,18-,19-,20-,21+/m0/s1. The lowest BCUT2D eigenvalue weighted by Crippen LogP contribution is -2.48. The molecule has 0 aromatic heterocycles. The van der Waals surface area contributed by atoms with E-state index in [9.17, 15) is 0 Å². The third-order valence-corrected chi connectivity index (χ3v) is 7.85. The van der Waals surface area contributed by atoms with Crippen LogP contribution in [0.3, 0.4) is 0 Å². The quantitative estimate of drug-likeness (QED) is 0.474. The largest absolute Gasteiger partial charge is 0.0879 e. The van der Waals surface area contributed by atoms with Crippen molar-refractivity contribution in [2.45, 2.75) is 65.7 Å². The molecule has 0 spiro atoms. The molecule has 0 N–H and O–H groups in total. The van der Waals surface area contributed by atoms with Gasteiger partial charge in [-0.25, -0.2) is 0 Å². The highest BCUT2D eigenvalue weighted by Gasteiger charge is 2.56. The van der Waals surface area contributed by atoms with Crippen molar-refractivity contribution in [2.75, 3.05) is 0 Å². The highest BCUT2D eigenvalue weighted by atomic mass is 14.6. The summed E-state index contributed by atoms with van der Waals surface area (Å²) >= 11 is 0. The van der Waals surface area contributed by atoms with Crippen molar-refractivity contribution >= 4 is 0 Å². The van der Waals surface area contributed by atoms with Crippen molar-refractivity contribution in [1.29, 1.82) is 0 Å². The Morgan fingerprint density at radius 1 is 1.10 bits per heavy atom. The molecule has 21 heavy (non-hydrogen) atoms. The smallest absolute Gasteiger partial charge is 0.00445 e. The van der Waals surface area contributed by atoms with E-state index in [1.165, 1.54) is 44.9 Å². The topological polar surface area (TPSA) is 0 Å². The van der Waals surface area contributed by atoms with Crippen LogP contribution in [0.1, 0.15) is 65.7 Å². The van der Waals surface area contributed by atoms with Crippen LogP contribution in [0.15, 0.2) is 35.5 Å². The molecule has 0 aromatic rings. The number of hydrogen-bond donors (Lipinski definition) is 0. The molecule has 2 fully saturated rings. The van der Waals surface area contributed by atoms with Crippen molar-refractivity contribution in [3.63, 3.8) is 0 Å². The zero-order chi connectivity index (χ0) is 14.7. The SMILES string of the molecule is CC=C1CC[C@H]2[C@@H]3CC=C4C=CCC[C@]4(C)[C@H]3CC[C@]12C. The molecule has 0 bridgehead atoms. The van der Waals surface area contributed by atoms with Gasteiger partial charge in [-0.3, -0.25) is 0 Å². The molecule has 0 saturated heterocycles. The van der Waals surface area contributed by atoms with Gasteiger partial charge in [0, 0.05) is 0 Å². The van der Waals surface area contributed by atoms with Crippen LogP contribution in [0.25, 0.3) is 0 Å². The Labute approximate surface area is 130 Å². The van der Waals surface area contributed by atoms with Gasteiger partial charge in [-0.05, 0) is 86.0 Å². The van der Waals surface area contributed by atoms with Crippen LogP contribution in [-0.2, 0) is 0 Å². The Balaban J connectivity index is 1.73. The Bertz CT molecular complexity index is 534. The van der Waals surface area contributed by atoms with Gasteiger partial charge in [0.25, 0.3) is 0 Å². The van der Waals surface area contributed by atoms with Crippen molar-refractivity contribution in [3.05, 3.63) is 35.5 Å². The van der Waals surface area contributed by atoms with Gasteiger partial charge in [0.2, 0.25) is 0 Å². The molecular formula is C21H30. The fraction of sp³-hybridized carbons (Fsp3) is 0.714. The number of rotatable bonds is 0. The monoisotopic (exact) mass is 282 g/mol. The molecule has 0 heteroatoms. The maximum Gasteiger partial charge on any atom is -0.00445 e. The van der Waals surface area contributed by atoms with Crippen LogP contribution in [0.4, 0.5) is 0 Å². The summed E-state index contributed by atoms with van der Waals surface area (Å²) in [6.07, 6.45) is 19.6. The minimum Gasteiger partial charge on any atom is -0.0879 e. The summed E-state index contributed by atoms with van der Waals surface area (Å²) in [5, 5.41) is 0. The van der Waals surface area contributed by atoms with Crippen molar-refractivity contribution < 1.29 is 0 Å². The van der Waals surface area contributed by atoms with Crippen molar-refractivity contribution in [3.8, 4) is 0 Å². The second-order valence-electron chi connectivity index (χ2n) is 8.44. The second-order valence-corrected chi connectivity index (χ2v) is 8.44. The predicted octanol–water partition coefficient (Wildman–Crippen LogP) is 6.06. The maximum absolute atomic E-state index is 2.61. The molecule has 4 rings (SSSR count). The summed E-state index contributed by atoms with van der Waals surface area (Å²) in [5.74, 6) is 2.83. The lowest BCUT2D eigenvalue weighted by molar-refractivity contribution is -0.00576. The zero-order valence-electron chi connectivity index (χ0n) is 14.0. The summed E-state index contributed by atoms with van der Waals surface area (Å²) in [7, 11) is 0. The van der Waals surface area contributed by atoms with E-state index in [4.69, 9.17) is 0 Å². The van der Waals surface area contributed by atoms with Crippen LogP contribution in [0.2, 0.25) is 0 Å². The molecular weight excluding hydrogens is 252 g/mol. The van der Waals surface area contributed by atoms with Crippen LogP contribution in [0.5, 0.6) is 0 Å². The first kappa shape index (κ1) is 13.9. The minimum absolute atomic E-state index is 0.484. The van der Waals surface area contributed by atoms with E-state index in [1.807, 2.05) is 0 Å². The van der Waals surface area contributed by atoms with Gasteiger partial charge in [-0.1, -0.05) is 43.7 Å². The summed E-state index contributed by atoms with van der Waals surface area (Å²) < 4.78 is 0. The molecule has 0 radical (unpaired) electrons. The Morgan fingerprint density at radius 3 is 2.71 bits per heavy atom. The van der Waals surface area contributed by atoms with E-state index in [0.29, 0.717) is 10.8 Å². The average Bonchev–Trinajstić information content (AvgIpc) is 2.83. The van der Waals surface area contributed by atoms with E-state index in [1.54, 1.807) is 11.1 Å². The third kappa shape index (κ3) is 1.74. The first-order valence-corrected chi connectivity index (χ1v) is 9.12. The van der Waals surface area contributed by atoms with E-state index < -0.39 is 0 Å². The normalized spacial score (nSPS) is 50.3. The summed E-state index contributed by atoms with van der Waals surface area (Å²) in [4.78, 5) is 0. The number of fused-ring (bicyclic) bond motifs is 5. The van der Waals surface area contributed by atoms with Crippen LogP contribution >= 0.6 is 0 Å². The second kappa shape index (κ2) is 4.61. The van der Waals surface area contributed by atoms with Gasteiger partial charge in [0.15, 0.2) is 0 Å². The minimum atomic E-state index is 0.484. The summed E-state index contributed by atoms with van der Waals surface area (Å²) in [5.41, 5.74) is 4.46. The Kier molecular flexibility index (Phi) is 3.04. The molecule has 2 saturated carbocycles. The van der Waals surface area contributed by atoms with Gasteiger partial charge in [-0.2, -0.15) is 0 Å². The molecule has 4 aliphatic rings. The van der Waals surface area contributed by atoms with E-state index in [0.717, 1.165) is 17.8 Å². The number of allylic oxidation sites excluding steroid dienone is 6. The molecule has 0 aliphatic heterocycles. The number of hydrogen-bond acceptors (Lipinski definition) is 0. The van der Waals surface area contributed by atoms with Crippen LogP contribution in [0, 0.1) is 28.6 Å². The fourth-order valence-corrected chi connectivity index (χ4v) is 6.62. The van der Waals surface area contributed by atoms with Crippen molar-refractivity contribution in [1.82, 2.24) is 0 Å². The van der Waals surface area contributed by atoms with Gasteiger partial charge in [0.1, 0.15) is 0 Å². The molecule has 5 atom stereocenters. The summed E-state index contributed by atoms with van der Waals surface area (Å²) in [6.45, 7) is 7.42. The van der Waals surface area contributed by atoms with Gasteiger partial charge in [0.05, 0.1) is 0 Å². The molecule has 0 amide bonds. The van der Waals surface area contributed by atoms with Crippen LogP contribution in [-0.4, -0.2) is 0 Å². The first-order chi connectivity index (χ1) is 10.1. The molecule has 0 heterocycles. The zero-order valence-corrected chi connectivity index (χ0v) is 14.0. The van der Waals surface area contributed by atoms with Gasteiger partial charge in [-0.15, -0.1) is 0 Å². The van der Waals surface area contributed by atoms with Gasteiger partial charge < -0.3 is 0 Å². The lowest BCUT2D eigenvalue weighted by atomic mass is 9.48. The molecule has 0 nitrogen and oxygen atoms in total. The molecule has 4 aliphatic carbocycles. The fourth-order valence-electron chi connectivity index (χ4n) is 6.62. The van der Waals surface area contributed by atoms with E-state index in [-0.39, 0.29) is 0 Å². The van der Waals surface area contributed by atoms with E-state index >= 15 is 0 Å². The van der Waals surface area contributed by atoms with Crippen molar-refractivity contribution in [2.24, 2.45) is 28.6 Å². The highest BCUT2D eigenvalue weighted by molar-refractivity contribution is 5.35. The Morgan fingerprint density at radius 2 is 1.90 bits per heavy atom. The predicted molar refractivity (Wildman–Crippen MR) is 90.0 cm³/mol. The lowest BCUT2D eigenvalue weighted by Gasteiger charge is -2.56. The molecule has 114 valence electrons. The maximum atomic E-state index is 2.61. The van der Waals surface area contributed by atoms with Gasteiger partial charge >= 0.3 is 0 Å².